The van der Waals surface area contributed by atoms with Crippen LogP contribution in [-0.4, -0.2) is 25.8 Å². The maximum atomic E-state index is 4.67. The van der Waals surface area contributed by atoms with Gasteiger partial charge in [0.2, 0.25) is 5.95 Å². The van der Waals surface area contributed by atoms with E-state index in [1.807, 2.05) is 59.7 Å². The number of aromatic nitrogens is 4. The Bertz CT molecular complexity index is 790. The monoisotopic (exact) mass is 319 g/mol. The number of nitrogens with one attached hydrogen (secondary N) is 1. The molecule has 0 unspecified atom stereocenters. The third kappa shape index (κ3) is 3.30. The number of anilines is 1. The smallest absolute Gasteiger partial charge is 0.223 e. The van der Waals surface area contributed by atoms with Crippen molar-refractivity contribution in [2.24, 2.45) is 0 Å². The Hall–Kier alpha value is -2.69. The van der Waals surface area contributed by atoms with Crippen molar-refractivity contribution in [2.45, 2.75) is 38.1 Å². The summed E-state index contributed by atoms with van der Waals surface area (Å²) in [5, 5.41) is 7.92. The molecule has 4 rings (SSSR count). The average Bonchev–Trinajstić information content (AvgIpc) is 3.14. The second-order valence-corrected chi connectivity index (χ2v) is 6.25. The van der Waals surface area contributed by atoms with Gasteiger partial charge in [-0.05, 0) is 31.0 Å². The first-order chi connectivity index (χ1) is 11.9. The van der Waals surface area contributed by atoms with Gasteiger partial charge >= 0.3 is 0 Å². The molecule has 0 saturated heterocycles. The van der Waals surface area contributed by atoms with Crippen molar-refractivity contribution in [2.75, 3.05) is 5.32 Å². The molecule has 1 aliphatic carbocycles. The molecule has 2 heterocycles. The SMILES string of the molecule is c1ccc(-n2cc(-c3ccnc(NC4CCCCC4)n3)cn2)cc1. The Morgan fingerprint density at radius 1 is 1.00 bits per heavy atom. The molecule has 0 radical (unpaired) electrons. The first kappa shape index (κ1) is 14.9. The van der Waals surface area contributed by atoms with Crippen LogP contribution in [0.25, 0.3) is 16.9 Å². The molecule has 1 saturated carbocycles. The average molecular weight is 319 g/mol. The van der Waals surface area contributed by atoms with E-state index in [-0.39, 0.29) is 0 Å². The molecule has 5 nitrogen and oxygen atoms in total. The van der Waals surface area contributed by atoms with E-state index in [4.69, 9.17) is 0 Å². The van der Waals surface area contributed by atoms with Crippen LogP contribution in [0, 0.1) is 0 Å². The van der Waals surface area contributed by atoms with Gasteiger partial charge in [0.15, 0.2) is 0 Å². The first-order valence-electron chi connectivity index (χ1n) is 8.58. The summed E-state index contributed by atoms with van der Waals surface area (Å²) in [6, 6.07) is 12.5. The van der Waals surface area contributed by atoms with Crippen molar-refractivity contribution < 1.29 is 0 Å². The zero-order chi connectivity index (χ0) is 16.2. The highest BCUT2D eigenvalue weighted by Gasteiger charge is 2.14. The molecule has 0 aliphatic heterocycles. The minimum atomic E-state index is 0.501. The van der Waals surface area contributed by atoms with Crippen molar-refractivity contribution in [1.82, 2.24) is 19.7 Å². The molecule has 2 aromatic heterocycles. The number of rotatable bonds is 4. The number of para-hydroxylation sites is 1. The summed E-state index contributed by atoms with van der Waals surface area (Å²) >= 11 is 0. The second-order valence-electron chi connectivity index (χ2n) is 6.25. The third-order valence-electron chi connectivity index (χ3n) is 4.49. The lowest BCUT2D eigenvalue weighted by Gasteiger charge is -2.22. The van der Waals surface area contributed by atoms with Crippen molar-refractivity contribution in [3.05, 3.63) is 55.0 Å². The molecule has 1 N–H and O–H groups in total. The number of nitrogens with zero attached hydrogens (tertiary/aromatic N) is 4. The van der Waals surface area contributed by atoms with Crippen LogP contribution in [0.4, 0.5) is 5.95 Å². The van der Waals surface area contributed by atoms with Crippen LogP contribution in [-0.2, 0) is 0 Å². The minimum absolute atomic E-state index is 0.501. The molecular weight excluding hydrogens is 298 g/mol. The van der Waals surface area contributed by atoms with Gasteiger partial charge in [0.05, 0.1) is 17.6 Å². The van der Waals surface area contributed by atoms with Gasteiger partial charge in [0.1, 0.15) is 0 Å². The van der Waals surface area contributed by atoms with Gasteiger partial charge in [-0.3, -0.25) is 0 Å². The van der Waals surface area contributed by atoms with Gasteiger partial charge in [0, 0.05) is 24.0 Å². The summed E-state index contributed by atoms with van der Waals surface area (Å²) < 4.78 is 1.87. The van der Waals surface area contributed by atoms with Crippen LogP contribution in [0.15, 0.2) is 55.0 Å². The largest absolute Gasteiger partial charge is 0.351 e. The Kier molecular flexibility index (Phi) is 4.23. The van der Waals surface area contributed by atoms with Gasteiger partial charge in [-0.1, -0.05) is 37.5 Å². The van der Waals surface area contributed by atoms with Crippen LogP contribution in [0.3, 0.4) is 0 Å². The van der Waals surface area contributed by atoms with E-state index in [0.29, 0.717) is 12.0 Å². The molecule has 5 heteroatoms. The van der Waals surface area contributed by atoms with E-state index >= 15 is 0 Å². The number of hydrogen-bond donors (Lipinski definition) is 1. The van der Waals surface area contributed by atoms with Crippen molar-refractivity contribution in [3.63, 3.8) is 0 Å². The highest BCUT2D eigenvalue weighted by Crippen LogP contribution is 2.22. The number of hydrogen-bond acceptors (Lipinski definition) is 4. The van der Waals surface area contributed by atoms with Crippen LogP contribution in [0.5, 0.6) is 0 Å². The molecule has 0 amide bonds. The predicted molar refractivity (Wildman–Crippen MR) is 95.1 cm³/mol. The van der Waals surface area contributed by atoms with E-state index in [1.54, 1.807) is 0 Å². The second kappa shape index (κ2) is 6.83. The Balaban J connectivity index is 1.54. The van der Waals surface area contributed by atoms with Crippen molar-refractivity contribution >= 4 is 5.95 Å². The summed E-state index contributed by atoms with van der Waals surface area (Å²) in [5.74, 6) is 0.715. The van der Waals surface area contributed by atoms with Crippen molar-refractivity contribution in [3.8, 4) is 16.9 Å². The van der Waals surface area contributed by atoms with Gasteiger partial charge < -0.3 is 5.32 Å². The normalized spacial score (nSPS) is 15.3. The molecule has 3 aromatic rings. The van der Waals surface area contributed by atoms with Gasteiger partial charge in [-0.2, -0.15) is 5.10 Å². The summed E-state index contributed by atoms with van der Waals surface area (Å²) in [6.07, 6.45) is 12.0. The van der Waals surface area contributed by atoms with E-state index in [9.17, 15) is 0 Å². The summed E-state index contributed by atoms with van der Waals surface area (Å²) in [6.45, 7) is 0. The van der Waals surface area contributed by atoms with E-state index < -0.39 is 0 Å². The maximum Gasteiger partial charge on any atom is 0.223 e. The molecule has 1 aliphatic rings. The molecule has 24 heavy (non-hydrogen) atoms. The molecule has 122 valence electrons. The number of benzene rings is 1. The lowest BCUT2D eigenvalue weighted by Crippen LogP contribution is -2.23. The van der Waals surface area contributed by atoms with Gasteiger partial charge in [-0.15, -0.1) is 0 Å². The summed E-state index contributed by atoms with van der Waals surface area (Å²) in [4.78, 5) is 9.04. The topological polar surface area (TPSA) is 55.6 Å². The summed E-state index contributed by atoms with van der Waals surface area (Å²) in [5.41, 5.74) is 2.93. The van der Waals surface area contributed by atoms with E-state index in [2.05, 4.69) is 20.4 Å². The van der Waals surface area contributed by atoms with Crippen LogP contribution >= 0.6 is 0 Å². The third-order valence-corrected chi connectivity index (χ3v) is 4.49. The summed E-state index contributed by atoms with van der Waals surface area (Å²) in [7, 11) is 0. The van der Waals surface area contributed by atoms with Crippen LogP contribution in [0.1, 0.15) is 32.1 Å². The Morgan fingerprint density at radius 2 is 1.83 bits per heavy atom. The zero-order valence-electron chi connectivity index (χ0n) is 13.6. The van der Waals surface area contributed by atoms with E-state index in [1.165, 1.54) is 32.1 Å². The van der Waals surface area contributed by atoms with E-state index in [0.717, 1.165) is 16.9 Å². The fraction of sp³-hybridized carbons (Fsp3) is 0.316. The Labute approximate surface area is 141 Å². The zero-order valence-corrected chi connectivity index (χ0v) is 13.6. The van der Waals surface area contributed by atoms with Crippen LogP contribution in [0.2, 0.25) is 0 Å². The molecular formula is C19H21N5. The molecule has 0 spiro atoms. The predicted octanol–water partition coefficient (Wildman–Crippen LogP) is 4.07. The lowest BCUT2D eigenvalue weighted by molar-refractivity contribution is 0.461. The maximum absolute atomic E-state index is 4.67. The van der Waals surface area contributed by atoms with Gasteiger partial charge in [-0.25, -0.2) is 14.6 Å². The highest BCUT2D eigenvalue weighted by molar-refractivity contribution is 5.58. The quantitative estimate of drug-likeness (QED) is 0.787. The minimum Gasteiger partial charge on any atom is -0.351 e. The molecule has 1 aromatic carbocycles. The van der Waals surface area contributed by atoms with Crippen LogP contribution < -0.4 is 5.32 Å². The Morgan fingerprint density at radius 3 is 2.67 bits per heavy atom. The fourth-order valence-corrected chi connectivity index (χ4v) is 3.20. The highest BCUT2D eigenvalue weighted by atomic mass is 15.3. The molecule has 0 atom stereocenters. The molecule has 0 bridgehead atoms. The first-order valence-corrected chi connectivity index (χ1v) is 8.58. The van der Waals surface area contributed by atoms with Crippen molar-refractivity contribution in [1.29, 1.82) is 0 Å². The molecule has 1 fully saturated rings. The standard InChI is InChI=1S/C19H21N5/c1-3-7-16(8-4-1)22-19-20-12-11-18(23-19)15-13-21-24(14-15)17-9-5-2-6-10-17/h2,5-6,9-14,16H,1,3-4,7-8H2,(H,20,22,23). The fourth-order valence-electron chi connectivity index (χ4n) is 3.20. The lowest BCUT2D eigenvalue weighted by atomic mass is 9.96. The van der Waals surface area contributed by atoms with Gasteiger partial charge in [0.25, 0.3) is 0 Å².